The van der Waals surface area contributed by atoms with Gasteiger partial charge in [-0.15, -0.1) is 11.8 Å². The molecule has 1 atom stereocenters. The zero-order valence-corrected chi connectivity index (χ0v) is 12.1. The number of nitrogens with zero attached hydrogens (tertiary/aromatic N) is 1. The highest BCUT2D eigenvalue weighted by Gasteiger charge is 2.16. The Balaban J connectivity index is 1.71. The molecule has 1 saturated heterocycles. The SMILES string of the molecule is CC(NC(=O)CSC1CCNCC1)c1cccnc1. The average molecular weight is 279 g/mol. The molecule has 1 aromatic heterocycles. The maximum atomic E-state index is 11.9. The van der Waals surface area contributed by atoms with Crippen molar-refractivity contribution in [3.05, 3.63) is 30.1 Å². The number of aromatic nitrogens is 1. The van der Waals surface area contributed by atoms with E-state index in [-0.39, 0.29) is 11.9 Å². The number of amides is 1. The highest BCUT2D eigenvalue weighted by Crippen LogP contribution is 2.20. The molecule has 0 saturated carbocycles. The summed E-state index contributed by atoms with van der Waals surface area (Å²) in [5.74, 6) is 0.662. The minimum atomic E-state index is 0.0230. The molecule has 19 heavy (non-hydrogen) atoms. The molecule has 0 aliphatic carbocycles. The number of nitrogens with one attached hydrogen (secondary N) is 2. The molecule has 1 aliphatic rings. The van der Waals surface area contributed by atoms with E-state index in [1.54, 1.807) is 24.2 Å². The Labute approximate surface area is 118 Å². The van der Waals surface area contributed by atoms with Crippen LogP contribution in [0.3, 0.4) is 0 Å². The third-order valence-electron chi connectivity index (χ3n) is 3.30. The van der Waals surface area contributed by atoms with E-state index in [0.717, 1.165) is 31.5 Å². The van der Waals surface area contributed by atoms with Gasteiger partial charge in [0.1, 0.15) is 0 Å². The van der Waals surface area contributed by atoms with E-state index in [4.69, 9.17) is 0 Å². The maximum absolute atomic E-state index is 11.9. The van der Waals surface area contributed by atoms with Crippen molar-refractivity contribution in [1.29, 1.82) is 0 Å². The summed E-state index contributed by atoms with van der Waals surface area (Å²) in [4.78, 5) is 16.0. The number of piperidine rings is 1. The Bertz CT molecular complexity index is 393. The van der Waals surface area contributed by atoms with Gasteiger partial charge in [-0.25, -0.2) is 0 Å². The molecule has 1 amide bonds. The first-order chi connectivity index (χ1) is 9.25. The van der Waals surface area contributed by atoms with E-state index in [9.17, 15) is 4.79 Å². The molecule has 2 heterocycles. The molecule has 0 spiro atoms. The fourth-order valence-electron chi connectivity index (χ4n) is 2.15. The molecular weight excluding hydrogens is 258 g/mol. The second-order valence-electron chi connectivity index (χ2n) is 4.84. The predicted molar refractivity (Wildman–Crippen MR) is 79.1 cm³/mol. The third-order valence-corrected chi connectivity index (χ3v) is 4.67. The van der Waals surface area contributed by atoms with Gasteiger partial charge in [0.15, 0.2) is 0 Å². The summed E-state index contributed by atoms with van der Waals surface area (Å²) in [6.45, 7) is 4.14. The Hall–Kier alpha value is -1.07. The van der Waals surface area contributed by atoms with Crippen LogP contribution < -0.4 is 10.6 Å². The van der Waals surface area contributed by atoms with Crippen LogP contribution in [0, 0.1) is 0 Å². The summed E-state index contributed by atoms with van der Waals surface area (Å²) in [7, 11) is 0. The Morgan fingerprint density at radius 1 is 1.58 bits per heavy atom. The molecule has 2 rings (SSSR count). The van der Waals surface area contributed by atoms with Crippen molar-refractivity contribution >= 4 is 17.7 Å². The number of hydrogen-bond acceptors (Lipinski definition) is 4. The molecule has 1 aliphatic heterocycles. The topological polar surface area (TPSA) is 54.0 Å². The molecule has 1 unspecified atom stereocenters. The molecule has 1 fully saturated rings. The first kappa shape index (κ1) is 14.3. The van der Waals surface area contributed by atoms with Crippen molar-refractivity contribution in [2.24, 2.45) is 0 Å². The molecule has 5 heteroatoms. The second-order valence-corrected chi connectivity index (χ2v) is 6.12. The lowest BCUT2D eigenvalue weighted by Crippen LogP contribution is -2.32. The first-order valence-electron chi connectivity index (χ1n) is 6.77. The van der Waals surface area contributed by atoms with E-state index in [2.05, 4.69) is 15.6 Å². The number of thioether (sulfide) groups is 1. The van der Waals surface area contributed by atoms with E-state index in [0.29, 0.717) is 11.0 Å². The van der Waals surface area contributed by atoms with Crippen LogP contribution in [0.25, 0.3) is 0 Å². The van der Waals surface area contributed by atoms with Gasteiger partial charge in [-0.3, -0.25) is 9.78 Å². The molecule has 2 N–H and O–H groups in total. The van der Waals surface area contributed by atoms with Crippen LogP contribution in [0.15, 0.2) is 24.5 Å². The highest BCUT2D eigenvalue weighted by molar-refractivity contribution is 8.00. The van der Waals surface area contributed by atoms with Crippen LogP contribution >= 0.6 is 11.8 Å². The molecular formula is C14H21N3OS. The van der Waals surface area contributed by atoms with Crippen LogP contribution in [-0.2, 0) is 4.79 Å². The van der Waals surface area contributed by atoms with Crippen molar-refractivity contribution in [3.63, 3.8) is 0 Å². The van der Waals surface area contributed by atoms with Gasteiger partial charge in [-0.05, 0) is 44.5 Å². The summed E-state index contributed by atoms with van der Waals surface area (Å²) in [6.07, 6.45) is 5.86. The van der Waals surface area contributed by atoms with Crippen LogP contribution in [0.5, 0.6) is 0 Å². The maximum Gasteiger partial charge on any atom is 0.230 e. The van der Waals surface area contributed by atoms with Gasteiger partial charge < -0.3 is 10.6 Å². The zero-order chi connectivity index (χ0) is 13.5. The third kappa shape index (κ3) is 4.84. The van der Waals surface area contributed by atoms with Crippen LogP contribution in [0.1, 0.15) is 31.4 Å². The lowest BCUT2D eigenvalue weighted by Gasteiger charge is -2.22. The Kier molecular flexibility index (Phi) is 5.66. The van der Waals surface area contributed by atoms with Crippen molar-refractivity contribution in [2.45, 2.75) is 31.1 Å². The summed E-state index contributed by atoms with van der Waals surface area (Å²) < 4.78 is 0. The molecule has 0 bridgehead atoms. The van der Waals surface area contributed by atoms with Crippen LogP contribution in [0.4, 0.5) is 0 Å². The van der Waals surface area contributed by atoms with Crippen LogP contribution in [0.2, 0.25) is 0 Å². The lowest BCUT2D eigenvalue weighted by molar-refractivity contribution is -0.119. The summed E-state index contributed by atoms with van der Waals surface area (Å²) in [5, 5.41) is 6.98. The molecule has 1 aromatic rings. The summed E-state index contributed by atoms with van der Waals surface area (Å²) in [5.41, 5.74) is 1.04. The number of pyridine rings is 1. The molecule has 0 radical (unpaired) electrons. The first-order valence-corrected chi connectivity index (χ1v) is 7.82. The van der Waals surface area contributed by atoms with E-state index in [1.165, 1.54) is 0 Å². The van der Waals surface area contributed by atoms with Crippen molar-refractivity contribution in [2.75, 3.05) is 18.8 Å². The Morgan fingerprint density at radius 3 is 3.05 bits per heavy atom. The molecule has 0 aromatic carbocycles. The predicted octanol–water partition coefficient (Wildman–Crippen LogP) is 1.74. The second kappa shape index (κ2) is 7.50. The van der Waals surface area contributed by atoms with Gasteiger partial charge in [-0.2, -0.15) is 0 Å². The fraction of sp³-hybridized carbons (Fsp3) is 0.571. The monoisotopic (exact) mass is 279 g/mol. The average Bonchev–Trinajstić information content (AvgIpc) is 2.47. The standard InChI is InChI=1S/C14H21N3OS/c1-11(12-3-2-6-16-9-12)17-14(18)10-19-13-4-7-15-8-5-13/h2-3,6,9,11,13,15H,4-5,7-8,10H2,1H3,(H,17,18). The minimum Gasteiger partial charge on any atom is -0.349 e. The highest BCUT2D eigenvalue weighted by atomic mass is 32.2. The van der Waals surface area contributed by atoms with Crippen molar-refractivity contribution in [3.8, 4) is 0 Å². The van der Waals surface area contributed by atoms with E-state index < -0.39 is 0 Å². The smallest absolute Gasteiger partial charge is 0.230 e. The van der Waals surface area contributed by atoms with Crippen LogP contribution in [-0.4, -0.2) is 35.0 Å². The Morgan fingerprint density at radius 2 is 2.37 bits per heavy atom. The zero-order valence-electron chi connectivity index (χ0n) is 11.3. The van der Waals surface area contributed by atoms with Gasteiger partial charge in [0, 0.05) is 17.6 Å². The van der Waals surface area contributed by atoms with E-state index in [1.807, 2.05) is 19.1 Å². The van der Waals surface area contributed by atoms with Crippen molar-refractivity contribution in [1.82, 2.24) is 15.6 Å². The minimum absolute atomic E-state index is 0.0230. The van der Waals surface area contributed by atoms with Gasteiger partial charge in [0.05, 0.1) is 11.8 Å². The van der Waals surface area contributed by atoms with Gasteiger partial charge in [0.25, 0.3) is 0 Å². The molecule has 4 nitrogen and oxygen atoms in total. The quantitative estimate of drug-likeness (QED) is 0.862. The van der Waals surface area contributed by atoms with Gasteiger partial charge >= 0.3 is 0 Å². The normalized spacial score (nSPS) is 17.9. The van der Waals surface area contributed by atoms with Gasteiger partial charge in [0.2, 0.25) is 5.91 Å². The summed E-state index contributed by atoms with van der Waals surface area (Å²) in [6, 6.07) is 3.90. The van der Waals surface area contributed by atoms with Crippen molar-refractivity contribution < 1.29 is 4.79 Å². The van der Waals surface area contributed by atoms with Gasteiger partial charge in [-0.1, -0.05) is 6.07 Å². The lowest BCUT2D eigenvalue weighted by atomic mass is 10.1. The largest absolute Gasteiger partial charge is 0.349 e. The summed E-state index contributed by atoms with van der Waals surface area (Å²) >= 11 is 1.77. The molecule has 104 valence electrons. The fourth-order valence-corrected chi connectivity index (χ4v) is 3.19. The number of carbonyl (C=O) groups excluding carboxylic acids is 1. The number of hydrogen-bond donors (Lipinski definition) is 2. The van der Waals surface area contributed by atoms with E-state index >= 15 is 0 Å². The number of carbonyl (C=O) groups is 1. The number of rotatable bonds is 5.